The van der Waals surface area contributed by atoms with Crippen LogP contribution in [0.1, 0.15) is 57.9 Å². The summed E-state index contributed by atoms with van der Waals surface area (Å²) < 4.78 is 0. The van der Waals surface area contributed by atoms with Crippen molar-refractivity contribution in [3.05, 3.63) is 29.8 Å². The van der Waals surface area contributed by atoms with E-state index in [9.17, 15) is 0 Å². The first-order chi connectivity index (χ1) is 8.15. The largest absolute Gasteiger partial charge is 0.382 e. The van der Waals surface area contributed by atoms with Crippen LogP contribution in [0.3, 0.4) is 0 Å². The molecule has 1 aromatic carbocycles. The van der Waals surface area contributed by atoms with Gasteiger partial charge in [-0.15, -0.1) is 0 Å². The van der Waals surface area contributed by atoms with Crippen LogP contribution in [0.15, 0.2) is 24.3 Å². The van der Waals surface area contributed by atoms with Crippen LogP contribution in [-0.2, 0) is 0 Å². The van der Waals surface area contributed by atoms with Crippen molar-refractivity contribution in [2.75, 3.05) is 5.32 Å². The number of hydrogen-bond acceptors (Lipinski definition) is 1. The lowest BCUT2D eigenvalue weighted by molar-refractivity contribution is 0.361. The third kappa shape index (κ3) is 3.49. The Morgan fingerprint density at radius 3 is 2.12 bits per heavy atom. The molecule has 1 fully saturated rings. The number of benzene rings is 1. The minimum atomic E-state index is 0.625. The minimum absolute atomic E-state index is 0.625. The zero-order chi connectivity index (χ0) is 12.3. The molecule has 1 saturated carbocycles. The monoisotopic (exact) mass is 231 g/mol. The second-order valence-electron chi connectivity index (χ2n) is 5.88. The van der Waals surface area contributed by atoms with E-state index in [4.69, 9.17) is 0 Å². The van der Waals surface area contributed by atoms with E-state index in [-0.39, 0.29) is 0 Å². The summed E-state index contributed by atoms with van der Waals surface area (Å²) in [5, 5.41) is 3.67. The van der Waals surface area contributed by atoms with Crippen molar-refractivity contribution in [3.8, 4) is 0 Å². The molecule has 2 rings (SSSR count). The third-order valence-electron chi connectivity index (χ3n) is 3.96. The maximum Gasteiger partial charge on any atom is 0.0342 e. The zero-order valence-electron chi connectivity index (χ0n) is 11.4. The van der Waals surface area contributed by atoms with Gasteiger partial charge in [0.2, 0.25) is 0 Å². The van der Waals surface area contributed by atoms with E-state index in [1.165, 1.54) is 36.9 Å². The van der Waals surface area contributed by atoms with Gasteiger partial charge in [-0.3, -0.25) is 0 Å². The predicted octanol–water partition coefficient (Wildman–Crippen LogP) is 4.80. The number of hydrogen-bond donors (Lipinski definition) is 1. The predicted molar refractivity (Wildman–Crippen MR) is 75.6 cm³/mol. The molecule has 1 aromatic rings. The summed E-state index contributed by atoms with van der Waals surface area (Å²) in [5.41, 5.74) is 2.71. The summed E-state index contributed by atoms with van der Waals surface area (Å²) in [5.74, 6) is 1.55. The molecule has 0 heterocycles. The molecule has 0 atom stereocenters. The lowest BCUT2D eigenvalue weighted by Gasteiger charge is -2.27. The second-order valence-corrected chi connectivity index (χ2v) is 5.88. The molecule has 1 N–H and O–H groups in total. The first-order valence-electron chi connectivity index (χ1n) is 7.01. The summed E-state index contributed by atoms with van der Waals surface area (Å²) in [6.07, 6.45) is 5.41. The normalized spacial score (nSPS) is 24.9. The SMILES string of the molecule is CC1CCC(Nc2ccc(C(C)C)cc2)CC1. The molecule has 1 nitrogen and oxygen atoms in total. The first-order valence-corrected chi connectivity index (χ1v) is 7.01. The highest BCUT2D eigenvalue weighted by atomic mass is 14.9. The molecule has 0 aromatic heterocycles. The Morgan fingerprint density at radius 1 is 1.00 bits per heavy atom. The van der Waals surface area contributed by atoms with Crippen molar-refractivity contribution in [2.45, 2.75) is 58.4 Å². The van der Waals surface area contributed by atoms with Crippen molar-refractivity contribution < 1.29 is 0 Å². The Kier molecular flexibility index (Phi) is 4.09. The van der Waals surface area contributed by atoms with Crippen LogP contribution >= 0.6 is 0 Å². The quantitative estimate of drug-likeness (QED) is 0.788. The molecule has 1 aliphatic rings. The zero-order valence-corrected chi connectivity index (χ0v) is 11.4. The summed E-state index contributed by atoms with van der Waals surface area (Å²) >= 11 is 0. The molecule has 0 saturated heterocycles. The van der Waals surface area contributed by atoms with Crippen LogP contribution in [0.25, 0.3) is 0 Å². The summed E-state index contributed by atoms with van der Waals surface area (Å²) in [6.45, 7) is 6.85. The molecule has 17 heavy (non-hydrogen) atoms. The smallest absolute Gasteiger partial charge is 0.0342 e. The summed E-state index contributed by atoms with van der Waals surface area (Å²) in [6, 6.07) is 9.65. The standard InChI is InChI=1S/C16H25N/c1-12(2)14-6-10-16(11-7-14)17-15-8-4-13(3)5-9-15/h6-7,10-13,15,17H,4-5,8-9H2,1-3H3. The van der Waals surface area contributed by atoms with Gasteiger partial charge in [-0.1, -0.05) is 32.9 Å². The molecular formula is C16H25N. The van der Waals surface area contributed by atoms with Gasteiger partial charge in [0.05, 0.1) is 0 Å². The van der Waals surface area contributed by atoms with Crippen LogP contribution in [-0.4, -0.2) is 6.04 Å². The van der Waals surface area contributed by atoms with Crippen molar-refractivity contribution in [1.82, 2.24) is 0 Å². The van der Waals surface area contributed by atoms with Gasteiger partial charge in [0.1, 0.15) is 0 Å². The lowest BCUT2D eigenvalue weighted by Crippen LogP contribution is -2.25. The molecule has 1 aliphatic carbocycles. The molecule has 0 radical (unpaired) electrons. The number of nitrogens with one attached hydrogen (secondary N) is 1. The molecule has 0 bridgehead atoms. The van der Waals surface area contributed by atoms with E-state index < -0.39 is 0 Å². The van der Waals surface area contributed by atoms with Gasteiger partial charge in [-0.25, -0.2) is 0 Å². The fourth-order valence-corrected chi connectivity index (χ4v) is 2.60. The average Bonchev–Trinajstić information content (AvgIpc) is 2.33. The van der Waals surface area contributed by atoms with Crippen LogP contribution in [0, 0.1) is 5.92 Å². The van der Waals surface area contributed by atoms with E-state index >= 15 is 0 Å². The molecule has 1 heteroatoms. The third-order valence-corrected chi connectivity index (χ3v) is 3.96. The highest BCUT2D eigenvalue weighted by Gasteiger charge is 2.17. The Hall–Kier alpha value is -0.980. The first kappa shape index (κ1) is 12.5. The van der Waals surface area contributed by atoms with Crippen LogP contribution in [0.4, 0.5) is 5.69 Å². The molecular weight excluding hydrogens is 206 g/mol. The van der Waals surface area contributed by atoms with Crippen molar-refractivity contribution in [1.29, 1.82) is 0 Å². The van der Waals surface area contributed by atoms with Gasteiger partial charge in [-0.2, -0.15) is 0 Å². The van der Waals surface area contributed by atoms with E-state index in [1.54, 1.807) is 0 Å². The van der Waals surface area contributed by atoms with Crippen molar-refractivity contribution >= 4 is 5.69 Å². The molecule has 0 amide bonds. The fourth-order valence-electron chi connectivity index (χ4n) is 2.60. The van der Waals surface area contributed by atoms with Gasteiger partial charge < -0.3 is 5.32 Å². The maximum atomic E-state index is 3.67. The van der Waals surface area contributed by atoms with Crippen LogP contribution in [0.5, 0.6) is 0 Å². The van der Waals surface area contributed by atoms with E-state index in [0.717, 1.165) is 5.92 Å². The van der Waals surface area contributed by atoms with Gasteiger partial charge in [0, 0.05) is 11.7 Å². The van der Waals surface area contributed by atoms with Gasteiger partial charge in [0.15, 0.2) is 0 Å². The molecule has 0 aliphatic heterocycles. The fraction of sp³-hybridized carbons (Fsp3) is 0.625. The Morgan fingerprint density at radius 2 is 1.59 bits per heavy atom. The summed E-state index contributed by atoms with van der Waals surface area (Å²) in [7, 11) is 0. The number of anilines is 1. The van der Waals surface area contributed by atoms with Crippen LogP contribution in [0.2, 0.25) is 0 Å². The van der Waals surface area contributed by atoms with Gasteiger partial charge in [-0.05, 0) is 55.2 Å². The van der Waals surface area contributed by atoms with Crippen LogP contribution < -0.4 is 5.32 Å². The highest BCUT2D eigenvalue weighted by Crippen LogP contribution is 2.26. The Labute approximate surface area is 106 Å². The second kappa shape index (κ2) is 5.57. The van der Waals surface area contributed by atoms with E-state index in [1.807, 2.05) is 0 Å². The van der Waals surface area contributed by atoms with Crippen molar-refractivity contribution in [3.63, 3.8) is 0 Å². The van der Waals surface area contributed by atoms with E-state index in [0.29, 0.717) is 12.0 Å². The average molecular weight is 231 g/mol. The van der Waals surface area contributed by atoms with Gasteiger partial charge in [0.25, 0.3) is 0 Å². The number of rotatable bonds is 3. The minimum Gasteiger partial charge on any atom is -0.382 e. The van der Waals surface area contributed by atoms with Crippen molar-refractivity contribution in [2.24, 2.45) is 5.92 Å². The molecule has 0 unspecified atom stereocenters. The topological polar surface area (TPSA) is 12.0 Å². The molecule has 94 valence electrons. The highest BCUT2D eigenvalue weighted by molar-refractivity contribution is 5.46. The van der Waals surface area contributed by atoms with Gasteiger partial charge >= 0.3 is 0 Å². The molecule has 0 spiro atoms. The maximum absolute atomic E-state index is 3.67. The lowest BCUT2D eigenvalue weighted by atomic mass is 9.87. The Bertz CT molecular complexity index is 331. The summed E-state index contributed by atoms with van der Waals surface area (Å²) in [4.78, 5) is 0. The van der Waals surface area contributed by atoms with E-state index in [2.05, 4.69) is 50.4 Å². The Balaban J connectivity index is 1.90.